The Morgan fingerprint density at radius 2 is 2.13 bits per heavy atom. The van der Waals surface area contributed by atoms with Crippen LogP contribution in [-0.2, 0) is 6.42 Å². The molecule has 0 saturated carbocycles. The Hall–Kier alpha value is -1.87. The van der Waals surface area contributed by atoms with E-state index in [2.05, 4.69) is 28.6 Å². The molecule has 1 aromatic heterocycles. The van der Waals surface area contributed by atoms with Gasteiger partial charge in [-0.1, -0.05) is 6.08 Å². The van der Waals surface area contributed by atoms with Crippen molar-refractivity contribution >= 4 is 10.9 Å². The molecule has 4 heterocycles. The Bertz CT molecular complexity index is 727. The van der Waals surface area contributed by atoms with Crippen LogP contribution in [0.25, 0.3) is 10.9 Å². The lowest BCUT2D eigenvalue weighted by Crippen LogP contribution is -2.41. The molecule has 3 aliphatic heterocycles. The van der Waals surface area contributed by atoms with Crippen molar-refractivity contribution in [3.05, 3.63) is 48.7 Å². The first-order chi connectivity index (χ1) is 11.2. The number of aromatic nitrogens is 1. The van der Waals surface area contributed by atoms with Crippen molar-refractivity contribution in [2.45, 2.75) is 31.7 Å². The molecule has 2 bridgehead atoms. The van der Waals surface area contributed by atoms with Gasteiger partial charge in [-0.25, -0.2) is 0 Å². The minimum absolute atomic E-state index is 0.321. The predicted octanol–water partition coefficient (Wildman–Crippen LogP) is 3.77. The van der Waals surface area contributed by atoms with Gasteiger partial charge in [-0.2, -0.15) is 0 Å². The van der Waals surface area contributed by atoms with Crippen LogP contribution in [0.4, 0.5) is 0 Å². The Morgan fingerprint density at radius 3 is 3.00 bits per heavy atom. The molecule has 1 aromatic carbocycles. The molecular formula is C20H24N2O. The van der Waals surface area contributed by atoms with Crippen LogP contribution in [0, 0.1) is 11.8 Å². The van der Waals surface area contributed by atoms with Crippen LogP contribution in [0.2, 0.25) is 0 Å². The van der Waals surface area contributed by atoms with E-state index >= 15 is 0 Å². The fourth-order valence-corrected chi connectivity index (χ4v) is 4.51. The Labute approximate surface area is 137 Å². The fraction of sp³-hybridized carbons (Fsp3) is 0.450. The molecule has 0 amide bonds. The van der Waals surface area contributed by atoms with Crippen molar-refractivity contribution in [3.8, 4) is 5.75 Å². The number of phenolic OH excluding ortho intramolecular Hbond substituents is 1. The minimum Gasteiger partial charge on any atom is -0.508 e. The molecule has 0 aliphatic carbocycles. The van der Waals surface area contributed by atoms with Crippen LogP contribution >= 0.6 is 0 Å². The Balaban J connectivity index is 1.63. The summed E-state index contributed by atoms with van der Waals surface area (Å²) in [6.07, 6.45) is 8.94. The first-order valence-corrected chi connectivity index (χ1v) is 8.68. The molecule has 3 heteroatoms. The van der Waals surface area contributed by atoms with Gasteiger partial charge >= 0.3 is 0 Å². The lowest BCUT2D eigenvalue weighted by atomic mass is 9.81. The van der Waals surface area contributed by atoms with Gasteiger partial charge in [0.25, 0.3) is 0 Å². The van der Waals surface area contributed by atoms with E-state index in [1.807, 2.05) is 18.3 Å². The third-order valence-electron chi connectivity index (χ3n) is 5.81. The van der Waals surface area contributed by atoms with Crippen molar-refractivity contribution in [1.82, 2.24) is 9.88 Å². The van der Waals surface area contributed by atoms with Gasteiger partial charge in [0.15, 0.2) is 0 Å². The van der Waals surface area contributed by atoms with Crippen LogP contribution in [0.3, 0.4) is 0 Å². The quantitative estimate of drug-likeness (QED) is 0.877. The second-order valence-corrected chi connectivity index (χ2v) is 7.04. The second kappa shape index (κ2) is 5.97. The normalized spacial score (nSPS) is 30.3. The highest BCUT2D eigenvalue weighted by molar-refractivity contribution is 5.83. The molecular weight excluding hydrogens is 284 g/mol. The van der Waals surface area contributed by atoms with E-state index in [1.165, 1.54) is 37.9 Å². The number of hydrogen-bond donors (Lipinski definition) is 1. The maximum Gasteiger partial charge on any atom is 0.116 e. The lowest BCUT2D eigenvalue weighted by Gasteiger charge is -2.37. The number of pyridine rings is 1. The molecule has 0 radical (unpaired) electrons. The molecule has 3 aliphatic rings. The van der Waals surface area contributed by atoms with Crippen molar-refractivity contribution in [1.29, 1.82) is 0 Å². The minimum atomic E-state index is 0.321. The van der Waals surface area contributed by atoms with E-state index < -0.39 is 0 Å². The third-order valence-corrected chi connectivity index (χ3v) is 5.81. The maximum atomic E-state index is 9.83. The zero-order valence-electron chi connectivity index (χ0n) is 13.5. The van der Waals surface area contributed by atoms with Gasteiger partial charge in [0.05, 0.1) is 5.52 Å². The van der Waals surface area contributed by atoms with Crippen molar-refractivity contribution in [3.63, 3.8) is 0 Å². The van der Waals surface area contributed by atoms with E-state index in [0.29, 0.717) is 17.7 Å². The number of nitrogens with zero attached hydrogens (tertiary/aromatic N) is 2. The average Bonchev–Trinajstić information content (AvgIpc) is 2.86. The molecule has 3 unspecified atom stereocenters. The first kappa shape index (κ1) is 14.7. The summed E-state index contributed by atoms with van der Waals surface area (Å²) in [5, 5.41) is 10.9. The summed E-state index contributed by atoms with van der Waals surface area (Å²) in [5.74, 6) is 1.79. The topological polar surface area (TPSA) is 36.4 Å². The molecule has 0 spiro atoms. The largest absolute Gasteiger partial charge is 0.508 e. The summed E-state index contributed by atoms with van der Waals surface area (Å²) in [6.45, 7) is 6.45. The number of allylic oxidation sites excluding steroid dienone is 1. The number of hydrogen-bond acceptors (Lipinski definition) is 3. The molecule has 120 valence electrons. The highest BCUT2D eigenvalue weighted by atomic mass is 16.3. The summed E-state index contributed by atoms with van der Waals surface area (Å²) in [7, 11) is 0. The van der Waals surface area contributed by atoms with Crippen LogP contribution < -0.4 is 0 Å². The van der Waals surface area contributed by atoms with E-state index in [9.17, 15) is 5.11 Å². The maximum absolute atomic E-state index is 9.83. The van der Waals surface area contributed by atoms with Gasteiger partial charge in [0.2, 0.25) is 0 Å². The van der Waals surface area contributed by atoms with Crippen LogP contribution in [-0.4, -0.2) is 34.1 Å². The standard InChI is InChI=1S/C20H24N2O/c1-2-14-6-9-22-10-7-15(14)11-17(22)12-16-5-8-21-20-4-3-18(23)13-19(16)20/h2-5,8,13-15,17,23H,1,6-7,9-12H2/t14?,15?,17-/m1/s1. The van der Waals surface area contributed by atoms with Crippen LogP contribution in [0.15, 0.2) is 43.1 Å². The Kier molecular flexibility index (Phi) is 3.82. The SMILES string of the molecule is C=CC1CCN2CCC1C[C@@H]2Cc1ccnc2ccc(O)cc12. The van der Waals surface area contributed by atoms with Crippen LogP contribution in [0.1, 0.15) is 24.8 Å². The number of benzene rings is 1. The fourth-order valence-electron chi connectivity index (χ4n) is 4.51. The molecule has 3 fully saturated rings. The predicted molar refractivity (Wildman–Crippen MR) is 93.5 cm³/mol. The van der Waals surface area contributed by atoms with Crippen LogP contribution in [0.5, 0.6) is 5.75 Å². The van der Waals surface area contributed by atoms with Gasteiger partial charge in [-0.3, -0.25) is 4.98 Å². The molecule has 23 heavy (non-hydrogen) atoms. The monoisotopic (exact) mass is 308 g/mol. The van der Waals surface area contributed by atoms with Gasteiger partial charge in [-0.15, -0.1) is 6.58 Å². The third kappa shape index (κ3) is 2.74. The van der Waals surface area contributed by atoms with Crippen molar-refractivity contribution in [2.75, 3.05) is 13.1 Å². The number of phenols is 1. The number of fused-ring (bicyclic) bond motifs is 5. The zero-order valence-corrected chi connectivity index (χ0v) is 13.5. The summed E-state index contributed by atoms with van der Waals surface area (Å²) in [5.41, 5.74) is 2.27. The van der Waals surface area contributed by atoms with Crippen molar-refractivity contribution < 1.29 is 5.11 Å². The van der Waals surface area contributed by atoms with E-state index in [0.717, 1.165) is 23.2 Å². The highest BCUT2D eigenvalue weighted by Gasteiger charge is 2.35. The molecule has 3 nitrogen and oxygen atoms in total. The highest BCUT2D eigenvalue weighted by Crippen LogP contribution is 2.37. The second-order valence-electron chi connectivity index (χ2n) is 7.04. The van der Waals surface area contributed by atoms with E-state index in [-0.39, 0.29) is 0 Å². The Morgan fingerprint density at radius 1 is 1.26 bits per heavy atom. The zero-order chi connectivity index (χ0) is 15.8. The molecule has 5 rings (SSSR count). The van der Waals surface area contributed by atoms with Gasteiger partial charge in [0.1, 0.15) is 5.75 Å². The van der Waals surface area contributed by atoms with E-state index in [1.54, 1.807) is 6.07 Å². The first-order valence-electron chi connectivity index (χ1n) is 8.68. The summed E-state index contributed by atoms with van der Waals surface area (Å²) in [4.78, 5) is 7.09. The summed E-state index contributed by atoms with van der Waals surface area (Å²) < 4.78 is 0. The molecule has 1 N–H and O–H groups in total. The smallest absolute Gasteiger partial charge is 0.116 e. The average molecular weight is 308 g/mol. The molecule has 3 saturated heterocycles. The van der Waals surface area contributed by atoms with Gasteiger partial charge in [0, 0.05) is 17.6 Å². The van der Waals surface area contributed by atoms with Gasteiger partial charge < -0.3 is 10.0 Å². The molecule has 4 atom stereocenters. The number of piperidine rings is 1. The number of rotatable bonds is 3. The van der Waals surface area contributed by atoms with Crippen molar-refractivity contribution in [2.24, 2.45) is 11.8 Å². The molecule has 2 aromatic rings. The lowest BCUT2D eigenvalue weighted by molar-refractivity contribution is 0.138. The van der Waals surface area contributed by atoms with Gasteiger partial charge in [-0.05, 0) is 80.4 Å². The number of aromatic hydroxyl groups is 1. The summed E-state index contributed by atoms with van der Waals surface area (Å²) >= 11 is 0. The summed E-state index contributed by atoms with van der Waals surface area (Å²) in [6, 6.07) is 8.19. The van der Waals surface area contributed by atoms with E-state index in [4.69, 9.17) is 0 Å².